The summed E-state index contributed by atoms with van der Waals surface area (Å²) in [6.45, 7) is 1.01. The van der Waals surface area contributed by atoms with Gasteiger partial charge in [-0.2, -0.15) is 21.6 Å². The monoisotopic (exact) mass is 250 g/mol. The first-order valence-electron chi connectivity index (χ1n) is 3.66. The fourth-order valence-corrected chi connectivity index (χ4v) is 1.23. The first-order valence-corrected chi connectivity index (χ1v) is 5.07. The largest absolute Gasteiger partial charge is 0.523 e. The summed E-state index contributed by atoms with van der Waals surface area (Å²) in [7, 11) is -4.64. The van der Waals surface area contributed by atoms with Crippen molar-refractivity contribution in [1.82, 2.24) is 0 Å². The second-order valence-corrected chi connectivity index (χ2v) is 4.15. The number of ether oxygens (including phenoxy) is 1. The van der Waals surface area contributed by atoms with Crippen molar-refractivity contribution in [2.45, 2.75) is 25.0 Å². The van der Waals surface area contributed by atoms with Crippen LogP contribution in [0.1, 0.15) is 13.3 Å². The number of methoxy groups -OCH3 is 1. The molecule has 0 radical (unpaired) electrons. The Bertz CT molecular complexity index is 320. The fourth-order valence-electron chi connectivity index (χ4n) is 0.623. The van der Waals surface area contributed by atoms with Crippen LogP contribution >= 0.6 is 0 Å². The number of esters is 1. The number of hydrogen-bond acceptors (Lipinski definition) is 5. The molecule has 0 aliphatic heterocycles. The van der Waals surface area contributed by atoms with Crippen LogP contribution in [-0.2, 0) is 23.8 Å². The second kappa shape index (κ2) is 4.79. The lowest BCUT2D eigenvalue weighted by Crippen LogP contribution is -2.30. The minimum absolute atomic E-state index is 0.578. The van der Waals surface area contributed by atoms with Gasteiger partial charge in [-0.1, -0.05) is 0 Å². The van der Waals surface area contributed by atoms with Crippen molar-refractivity contribution in [3.63, 3.8) is 0 Å². The van der Waals surface area contributed by atoms with Crippen molar-refractivity contribution >= 4 is 16.1 Å². The average Bonchev–Trinajstić information content (AvgIpc) is 2.00. The Balaban J connectivity index is 4.43. The van der Waals surface area contributed by atoms with Gasteiger partial charge in [-0.25, -0.2) is 0 Å². The summed E-state index contributed by atoms with van der Waals surface area (Å²) >= 11 is 0. The van der Waals surface area contributed by atoms with Gasteiger partial charge in [0.05, 0.1) is 19.6 Å². The van der Waals surface area contributed by atoms with E-state index in [0.29, 0.717) is 0 Å². The maximum absolute atomic E-state index is 11.8. The van der Waals surface area contributed by atoms with Gasteiger partial charge < -0.3 is 4.74 Å². The lowest BCUT2D eigenvalue weighted by Gasteiger charge is -2.13. The van der Waals surface area contributed by atoms with E-state index in [2.05, 4.69) is 8.92 Å². The topological polar surface area (TPSA) is 69.7 Å². The SMILES string of the molecule is COC(=O)CC(C)OS(=O)(=O)C(F)(F)F. The maximum atomic E-state index is 11.8. The van der Waals surface area contributed by atoms with Crippen LogP contribution in [0.5, 0.6) is 0 Å². The van der Waals surface area contributed by atoms with Crippen LogP contribution in [0.3, 0.4) is 0 Å². The van der Waals surface area contributed by atoms with Crippen LogP contribution in [0.2, 0.25) is 0 Å². The summed E-state index contributed by atoms with van der Waals surface area (Å²) in [6, 6.07) is 0. The summed E-state index contributed by atoms with van der Waals surface area (Å²) < 4.78 is 64.1. The van der Waals surface area contributed by atoms with E-state index < -0.39 is 34.1 Å². The van der Waals surface area contributed by atoms with E-state index in [-0.39, 0.29) is 0 Å². The van der Waals surface area contributed by atoms with Crippen LogP contribution in [0.15, 0.2) is 0 Å². The highest BCUT2D eigenvalue weighted by Gasteiger charge is 2.48. The van der Waals surface area contributed by atoms with Crippen LogP contribution in [0.4, 0.5) is 13.2 Å². The van der Waals surface area contributed by atoms with E-state index in [0.717, 1.165) is 14.0 Å². The number of hydrogen-bond donors (Lipinski definition) is 0. The smallest absolute Gasteiger partial charge is 0.469 e. The van der Waals surface area contributed by atoms with Crippen LogP contribution in [0.25, 0.3) is 0 Å². The first kappa shape index (κ1) is 14.2. The lowest BCUT2D eigenvalue weighted by molar-refractivity contribution is -0.142. The number of alkyl halides is 3. The first-order chi connectivity index (χ1) is 6.60. The molecule has 0 aliphatic carbocycles. The highest BCUT2D eigenvalue weighted by atomic mass is 32.2. The highest BCUT2D eigenvalue weighted by molar-refractivity contribution is 7.87. The number of carbonyl (C=O) groups is 1. The Hall–Kier alpha value is -0.830. The Kier molecular flexibility index (Phi) is 4.53. The zero-order valence-corrected chi connectivity index (χ0v) is 8.68. The standard InChI is InChI=1S/C6H9F3O5S/c1-4(3-5(10)13-2)14-15(11,12)6(7,8)9/h4H,3H2,1-2H3. The van der Waals surface area contributed by atoms with E-state index in [1.165, 1.54) is 0 Å². The van der Waals surface area contributed by atoms with Crippen molar-refractivity contribution in [3.05, 3.63) is 0 Å². The van der Waals surface area contributed by atoms with Gasteiger partial charge in [0.1, 0.15) is 0 Å². The zero-order chi connectivity index (χ0) is 12.3. The molecule has 0 aromatic heterocycles. The normalized spacial score (nSPS) is 14.7. The van der Waals surface area contributed by atoms with Gasteiger partial charge in [-0.05, 0) is 6.92 Å². The minimum Gasteiger partial charge on any atom is -0.469 e. The predicted molar refractivity (Wildman–Crippen MR) is 42.2 cm³/mol. The molecule has 0 saturated heterocycles. The molecule has 0 saturated carbocycles. The number of carbonyl (C=O) groups excluding carboxylic acids is 1. The molecule has 0 spiro atoms. The van der Waals surface area contributed by atoms with Crippen molar-refractivity contribution in [1.29, 1.82) is 0 Å². The van der Waals surface area contributed by atoms with Gasteiger partial charge in [0.2, 0.25) is 0 Å². The molecule has 0 heterocycles. The van der Waals surface area contributed by atoms with Crippen LogP contribution < -0.4 is 0 Å². The molecule has 0 bridgehead atoms. The van der Waals surface area contributed by atoms with Crippen molar-refractivity contribution in [3.8, 4) is 0 Å². The van der Waals surface area contributed by atoms with Crippen molar-refractivity contribution < 1.29 is 35.3 Å². The van der Waals surface area contributed by atoms with Gasteiger partial charge in [0.15, 0.2) is 0 Å². The minimum atomic E-state index is -5.66. The van der Waals surface area contributed by atoms with E-state index in [1.54, 1.807) is 0 Å². The Labute approximate surface area is 84.3 Å². The highest BCUT2D eigenvalue weighted by Crippen LogP contribution is 2.26. The molecule has 0 fully saturated rings. The molecule has 0 N–H and O–H groups in total. The molecular formula is C6H9F3O5S. The van der Waals surface area contributed by atoms with Gasteiger partial charge in [-0.15, -0.1) is 0 Å². The third-order valence-corrected chi connectivity index (χ3v) is 2.41. The summed E-state index contributed by atoms with van der Waals surface area (Å²) in [5.74, 6) is -0.861. The van der Waals surface area contributed by atoms with Crippen LogP contribution in [-0.4, -0.2) is 33.1 Å². The fraction of sp³-hybridized carbons (Fsp3) is 0.833. The molecule has 5 nitrogen and oxygen atoms in total. The molecule has 0 amide bonds. The maximum Gasteiger partial charge on any atom is 0.523 e. The van der Waals surface area contributed by atoms with E-state index in [9.17, 15) is 26.4 Å². The van der Waals surface area contributed by atoms with Gasteiger partial charge in [-0.3, -0.25) is 8.98 Å². The average molecular weight is 250 g/mol. The van der Waals surface area contributed by atoms with Crippen molar-refractivity contribution in [2.75, 3.05) is 7.11 Å². The van der Waals surface area contributed by atoms with Gasteiger partial charge >= 0.3 is 21.6 Å². The van der Waals surface area contributed by atoms with E-state index >= 15 is 0 Å². The molecule has 0 rings (SSSR count). The summed E-state index contributed by atoms with van der Waals surface area (Å²) in [5, 5.41) is 0. The van der Waals surface area contributed by atoms with Crippen molar-refractivity contribution in [2.24, 2.45) is 0 Å². The summed E-state index contributed by atoms with van der Waals surface area (Å²) in [5.41, 5.74) is -5.49. The molecule has 1 atom stereocenters. The van der Waals surface area contributed by atoms with E-state index in [4.69, 9.17) is 0 Å². The Morgan fingerprint density at radius 1 is 1.40 bits per heavy atom. The van der Waals surface area contributed by atoms with Gasteiger partial charge in [0.25, 0.3) is 0 Å². The lowest BCUT2D eigenvalue weighted by atomic mass is 10.3. The summed E-state index contributed by atoms with van der Waals surface area (Å²) in [4.78, 5) is 10.6. The van der Waals surface area contributed by atoms with Gasteiger partial charge in [0, 0.05) is 0 Å². The number of rotatable bonds is 4. The second-order valence-electron chi connectivity index (χ2n) is 2.59. The Morgan fingerprint density at radius 2 is 1.87 bits per heavy atom. The molecule has 1 unspecified atom stereocenters. The molecule has 90 valence electrons. The molecular weight excluding hydrogens is 241 g/mol. The third kappa shape index (κ3) is 4.47. The third-order valence-electron chi connectivity index (χ3n) is 1.26. The molecule has 0 aromatic carbocycles. The summed E-state index contributed by atoms with van der Waals surface area (Å²) in [6.07, 6.45) is -2.00. The molecule has 0 aliphatic rings. The van der Waals surface area contributed by atoms with E-state index in [1.807, 2.05) is 0 Å². The Morgan fingerprint density at radius 3 is 2.20 bits per heavy atom. The predicted octanol–water partition coefficient (Wildman–Crippen LogP) is 0.804. The molecule has 9 heteroatoms. The number of halogens is 3. The molecule has 15 heavy (non-hydrogen) atoms. The zero-order valence-electron chi connectivity index (χ0n) is 7.87. The molecule has 0 aromatic rings. The van der Waals surface area contributed by atoms with Crippen LogP contribution in [0, 0.1) is 0 Å². The quantitative estimate of drug-likeness (QED) is 0.419.